The van der Waals surface area contributed by atoms with E-state index in [1.165, 1.54) is 12.1 Å². The summed E-state index contributed by atoms with van der Waals surface area (Å²) < 4.78 is 13.5. The molecule has 3 N–H and O–H groups in total. The molecule has 2 aliphatic rings. The molecule has 3 rings (SSSR count). The zero-order valence-electron chi connectivity index (χ0n) is 14.5. The number of rotatable bonds is 4. The Bertz CT molecular complexity index is 691. The van der Waals surface area contributed by atoms with Gasteiger partial charge in [-0.3, -0.25) is 14.9 Å². The molecule has 1 aromatic rings. The zero-order valence-corrected chi connectivity index (χ0v) is 15.2. The molecule has 2 fully saturated rings. The fraction of sp³-hybridized carbons (Fsp3) is 0.529. The van der Waals surface area contributed by atoms with Crippen LogP contribution in [-0.4, -0.2) is 59.9 Å². The van der Waals surface area contributed by atoms with Crippen molar-refractivity contribution in [3.05, 3.63) is 29.0 Å². The summed E-state index contributed by atoms with van der Waals surface area (Å²) in [6.07, 6.45) is -0.576. The van der Waals surface area contributed by atoms with Crippen LogP contribution in [0, 0.1) is 5.82 Å². The molecule has 142 valence electrons. The number of aliphatic hydroxyl groups is 1. The number of carbonyl (C=O) groups is 2. The number of halogens is 2. The van der Waals surface area contributed by atoms with Crippen molar-refractivity contribution in [1.82, 2.24) is 15.5 Å². The summed E-state index contributed by atoms with van der Waals surface area (Å²) in [5.74, 6) is -0.742. The summed E-state index contributed by atoms with van der Waals surface area (Å²) in [5.41, 5.74) is -0.245. The molecule has 0 aromatic heterocycles. The third-order valence-electron chi connectivity index (χ3n) is 4.91. The Balaban J connectivity index is 1.51. The molecule has 7 nitrogen and oxygen atoms in total. The van der Waals surface area contributed by atoms with Crippen LogP contribution in [0.1, 0.15) is 19.8 Å². The minimum atomic E-state index is -1.08. The van der Waals surface area contributed by atoms with Crippen molar-refractivity contribution >= 4 is 29.1 Å². The highest BCUT2D eigenvalue weighted by molar-refractivity contribution is 6.30. The highest BCUT2D eigenvalue weighted by Gasteiger charge is 2.41. The Hall–Kier alpha value is -1.90. The summed E-state index contributed by atoms with van der Waals surface area (Å²) in [6, 6.07) is 4.40. The van der Waals surface area contributed by atoms with Crippen LogP contribution in [0.5, 0.6) is 0 Å². The summed E-state index contributed by atoms with van der Waals surface area (Å²) in [4.78, 5) is 28.0. The average Bonchev–Trinajstić information content (AvgIpc) is 2.84. The van der Waals surface area contributed by atoms with Gasteiger partial charge in [-0.2, -0.15) is 0 Å². The van der Waals surface area contributed by atoms with Crippen molar-refractivity contribution in [2.24, 2.45) is 0 Å². The van der Waals surface area contributed by atoms with Crippen molar-refractivity contribution in [3.63, 3.8) is 0 Å². The molecule has 2 heterocycles. The van der Waals surface area contributed by atoms with Crippen LogP contribution in [0.15, 0.2) is 18.2 Å². The molecule has 2 atom stereocenters. The Labute approximate surface area is 156 Å². The summed E-state index contributed by atoms with van der Waals surface area (Å²) >= 11 is 5.90. The lowest BCUT2D eigenvalue weighted by molar-refractivity contribution is -0.132. The highest BCUT2D eigenvalue weighted by Crippen LogP contribution is 2.24. The van der Waals surface area contributed by atoms with Gasteiger partial charge in [0.2, 0.25) is 11.8 Å². The smallest absolute Gasteiger partial charge is 0.243 e. The molecular formula is C17H22ClFN4O3. The van der Waals surface area contributed by atoms with Crippen molar-refractivity contribution in [1.29, 1.82) is 0 Å². The first kappa shape index (κ1) is 18.9. The van der Waals surface area contributed by atoms with Gasteiger partial charge in [0.15, 0.2) is 6.35 Å². The fourth-order valence-corrected chi connectivity index (χ4v) is 3.54. The number of nitrogens with one attached hydrogen (secondary N) is 2. The first-order valence-electron chi connectivity index (χ1n) is 8.52. The normalized spacial score (nSPS) is 26.2. The molecule has 0 aliphatic carbocycles. The lowest BCUT2D eigenvalue weighted by Gasteiger charge is -2.36. The number of piperazine rings is 1. The van der Waals surface area contributed by atoms with Gasteiger partial charge in [0.05, 0.1) is 5.54 Å². The van der Waals surface area contributed by atoms with E-state index in [1.54, 1.807) is 17.9 Å². The van der Waals surface area contributed by atoms with E-state index in [4.69, 9.17) is 11.6 Å². The number of hydrogen-bond acceptors (Lipinski definition) is 5. The van der Waals surface area contributed by atoms with Gasteiger partial charge in [0.25, 0.3) is 0 Å². The molecule has 9 heteroatoms. The maximum atomic E-state index is 13.5. The van der Waals surface area contributed by atoms with Gasteiger partial charge in [-0.1, -0.05) is 11.6 Å². The number of hydrogen-bond donors (Lipinski definition) is 3. The van der Waals surface area contributed by atoms with Gasteiger partial charge in [-0.05, 0) is 31.5 Å². The lowest BCUT2D eigenvalue weighted by Crippen LogP contribution is -2.50. The van der Waals surface area contributed by atoms with Crippen molar-refractivity contribution < 1.29 is 19.1 Å². The van der Waals surface area contributed by atoms with Gasteiger partial charge in [0, 0.05) is 43.3 Å². The van der Waals surface area contributed by atoms with E-state index < -0.39 is 11.9 Å². The van der Waals surface area contributed by atoms with Crippen LogP contribution < -0.4 is 15.5 Å². The van der Waals surface area contributed by atoms with E-state index in [1.807, 2.05) is 4.90 Å². The number of benzene rings is 1. The van der Waals surface area contributed by atoms with Crippen LogP contribution in [0.3, 0.4) is 0 Å². The largest absolute Gasteiger partial charge is 0.368 e. The molecule has 2 saturated heterocycles. The van der Waals surface area contributed by atoms with E-state index in [2.05, 4.69) is 10.6 Å². The summed E-state index contributed by atoms with van der Waals surface area (Å²) in [7, 11) is 0. The molecule has 0 spiro atoms. The molecule has 2 unspecified atom stereocenters. The van der Waals surface area contributed by atoms with Crippen LogP contribution in [0.4, 0.5) is 10.1 Å². The second-order valence-corrected chi connectivity index (χ2v) is 7.28. The van der Waals surface area contributed by atoms with Gasteiger partial charge < -0.3 is 20.2 Å². The Kier molecular flexibility index (Phi) is 5.36. The van der Waals surface area contributed by atoms with Gasteiger partial charge in [-0.15, -0.1) is 0 Å². The van der Waals surface area contributed by atoms with Crippen molar-refractivity contribution in [2.75, 3.05) is 31.1 Å². The molecule has 1 aromatic carbocycles. The number of aliphatic hydroxyl groups excluding tert-OH is 1. The van der Waals surface area contributed by atoms with E-state index >= 15 is 0 Å². The van der Waals surface area contributed by atoms with E-state index in [9.17, 15) is 19.1 Å². The molecular weight excluding hydrogens is 363 g/mol. The number of amides is 2. The molecule has 26 heavy (non-hydrogen) atoms. The second kappa shape index (κ2) is 7.38. The lowest BCUT2D eigenvalue weighted by atomic mass is 9.96. The standard InChI is InChI=1S/C17H22ClFN4O3/c1-17(15(25)20-16(26)21-17)3-2-14(24)23-6-4-22(5-7-23)13-9-11(18)8-12(19)10-13/h8-10,16,21,26H,2-7H2,1H3,(H,20,25). The fourth-order valence-electron chi connectivity index (χ4n) is 3.32. The Morgan fingerprint density at radius 2 is 2.04 bits per heavy atom. The SMILES string of the molecule is CC1(CCC(=O)N2CCN(c3cc(F)cc(Cl)c3)CC2)NC(O)NC1=O. The molecule has 0 bridgehead atoms. The number of anilines is 1. The topological polar surface area (TPSA) is 84.9 Å². The first-order chi connectivity index (χ1) is 12.3. The van der Waals surface area contributed by atoms with Gasteiger partial charge in [0.1, 0.15) is 5.82 Å². The van der Waals surface area contributed by atoms with Crippen molar-refractivity contribution in [2.45, 2.75) is 31.7 Å². The predicted molar refractivity (Wildman–Crippen MR) is 95.1 cm³/mol. The minimum Gasteiger partial charge on any atom is -0.368 e. The van der Waals surface area contributed by atoms with E-state index in [0.29, 0.717) is 43.3 Å². The van der Waals surface area contributed by atoms with E-state index in [0.717, 1.165) is 0 Å². The third-order valence-corrected chi connectivity index (χ3v) is 5.13. The molecule has 2 amide bonds. The highest BCUT2D eigenvalue weighted by atomic mass is 35.5. The zero-order chi connectivity index (χ0) is 18.9. The third kappa shape index (κ3) is 4.08. The van der Waals surface area contributed by atoms with Crippen LogP contribution >= 0.6 is 11.6 Å². The van der Waals surface area contributed by atoms with Crippen LogP contribution in [0.25, 0.3) is 0 Å². The summed E-state index contributed by atoms with van der Waals surface area (Å²) in [6.45, 7) is 3.87. The predicted octanol–water partition coefficient (Wildman–Crippen LogP) is 0.662. The average molecular weight is 385 g/mol. The monoisotopic (exact) mass is 384 g/mol. The Morgan fingerprint density at radius 1 is 1.35 bits per heavy atom. The number of nitrogens with zero attached hydrogens (tertiary/aromatic N) is 2. The quantitative estimate of drug-likeness (QED) is 0.710. The van der Waals surface area contributed by atoms with Crippen molar-refractivity contribution in [3.8, 4) is 0 Å². The van der Waals surface area contributed by atoms with Gasteiger partial charge >= 0.3 is 0 Å². The van der Waals surface area contributed by atoms with Crippen LogP contribution in [-0.2, 0) is 9.59 Å². The maximum absolute atomic E-state index is 13.5. The minimum absolute atomic E-state index is 0.0425. The molecule has 0 radical (unpaired) electrons. The Morgan fingerprint density at radius 3 is 2.62 bits per heavy atom. The molecule has 0 saturated carbocycles. The number of carbonyl (C=O) groups excluding carboxylic acids is 2. The first-order valence-corrected chi connectivity index (χ1v) is 8.90. The summed E-state index contributed by atoms with van der Waals surface area (Å²) in [5, 5.41) is 14.9. The van der Waals surface area contributed by atoms with Gasteiger partial charge in [-0.25, -0.2) is 4.39 Å². The van der Waals surface area contributed by atoms with E-state index in [-0.39, 0.29) is 24.1 Å². The molecule has 2 aliphatic heterocycles. The maximum Gasteiger partial charge on any atom is 0.243 e. The second-order valence-electron chi connectivity index (χ2n) is 6.85. The van der Waals surface area contributed by atoms with Crippen LogP contribution in [0.2, 0.25) is 5.02 Å².